The Labute approximate surface area is 111 Å². The van der Waals surface area contributed by atoms with Crippen molar-refractivity contribution in [2.45, 2.75) is 89.3 Å². The predicted molar refractivity (Wildman–Crippen MR) is 71.3 cm³/mol. The maximum Gasteiger partial charge on any atom is 0.280 e. The molecule has 0 aliphatic heterocycles. The second-order valence-corrected chi connectivity index (χ2v) is 5.82. The quantitative estimate of drug-likeness (QED) is 0.696. The molecule has 0 radical (unpaired) electrons. The summed E-state index contributed by atoms with van der Waals surface area (Å²) in [6.07, 6.45) is 13.0. The lowest BCUT2D eigenvalue weighted by Crippen LogP contribution is -2.42. The van der Waals surface area contributed by atoms with Gasteiger partial charge in [0.1, 0.15) is 0 Å². The number of methoxy groups -OCH3 is 1. The molecule has 0 saturated heterocycles. The van der Waals surface area contributed by atoms with Crippen molar-refractivity contribution in [3.05, 3.63) is 0 Å². The summed E-state index contributed by atoms with van der Waals surface area (Å²) in [7, 11) is 1.69. The van der Waals surface area contributed by atoms with Crippen LogP contribution in [0.25, 0.3) is 0 Å². The van der Waals surface area contributed by atoms with Crippen molar-refractivity contribution < 1.29 is 14.2 Å². The van der Waals surface area contributed by atoms with E-state index in [2.05, 4.69) is 0 Å². The molecule has 0 aromatic heterocycles. The first-order chi connectivity index (χ1) is 8.72. The number of rotatable bonds is 5. The van der Waals surface area contributed by atoms with Crippen LogP contribution in [0.3, 0.4) is 0 Å². The predicted octanol–water partition coefficient (Wildman–Crippen LogP) is 4.01. The number of hydrogen-bond donors (Lipinski definition) is 0. The summed E-state index contributed by atoms with van der Waals surface area (Å²) >= 11 is 0. The maximum absolute atomic E-state index is 6.09. The fraction of sp³-hybridized carbons (Fsp3) is 1.00. The standard InChI is InChI=1S/C15H28O3/c1-15(16-2,17-13-9-5-3-6-10-13)18-14-11-7-4-8-12-14/h13-14H,3-12H2,1-2H3. The fourth-order valence-corrected chi connectivity index (χ4v) is 3.10. The lowest BCUT2D eigenvalue weighted by atomic mass is 9.97. The molecule has 2 aliphatic rings. The van der Waals surface area contributed by atoms with Crippen LogP contribution in [0.2, 0.25) is 0 Å². The molecule has 0 N–H and O–H groups in total. The van der Waals surface area contributed by atoms with E-state index < -0.39 is 5.97 Å². The molecule has 0 spiro atoms. The van der Waals surface area contributed by atoms with Gasteiger partial charge in [-0.2, -0.15) is 0 Å². The highest BCUT2D eigenvalue weighted by Gasteiger charge is 2.33. The third-order valence-corrected chi connectivity index (χ3v) is 4.24. The van der Waals surface area contributed by atoms with Crippen molar-refractivity contribution in [2.75, 3.05) is 7.11 Å². The van der Waals surface area contributed by atoms with Crippen molar-refractivity contribution in [3.8, 4) is 0 Å². The van der Waals surface area contributed by atoms with Gasteiger partial charge in [-0.15, -0.1) is 0 Å². The Kier molecular flexibility index (Phi) is 5.46. The van der Waals surface area contributed by atoms with Gasteiger partial charge in [-0.3, -0.25) is 0 Å². The molecular formula is C15H28O3. The molecule has 0 amide bonds. The first kappa shape index (κ1) is 14.3. The summed E-state index contributed by atoms with van der Waals surface area (Å²) in [5, 5.41) is 0. The van der Waals surface area contributed by atoms with E-state index in [4.69, 9.17) is 14.2 Å². The van der Waals surface area contributed by atoms with E-state index in [1.807, 2.05) is 6.92 Å². The van der Waals surface area contributed by atoms with E-state index in [-0.39, 0.29) is 0 Å². The van der Waals surface area contributed by atoms with E-state index >= 15 is 0 Å². The van der Waals surface area contributed by atoms with Crippen LogP contribution in [0.1, 0.15) is 71.1 Å². The van der Waals surface area contributed by atoms with Gasteiger partial charge in [0.25, 0.3) is 5.97 Å². The maximum atomic E-state index is 6.09. The van der Waals surface area contributed by atoms with Crippen LogP contribution in [-0.2, 0) is 14.2 Å². The molecule has 0 atom stereocenters. The monoisotopic (exact) mass is 256 g/mol. The van der Waals surface area contributed by atoms with Crippen molar-refractivity contribution in [3.63, 3.8) is 0 Å². The van der Waals surface area contributed by atoms with Crippen LogP contribution in [0, 0.1) is 0 Å². The van der Waals surface area contributed by atoms with Crippen LogP contribution < -0.4 is 0 Å². The molecule has 0 heterocycles. The van der Waals surface area contributed by atoms with Crippen molar-refractivity contribution in [1.29, 1.82) is 0 Å². The smallest absolute Gasteiger partial charge is 0.280 e. The molecule has 2 fully saturated rings. The lowest BCUT2D eigenvalue weighted by molar-refractivity contribution is -0.391. The number of ether oxygens (including phenoxy) is 3. The molecule has 106 valence electrons. The molecule has 2 rings (SSSR count). The van der Waals surface area contributed by atoms with E-state index in [1.54, 1.807) is 7.11 Å². The first-order valence-electron chi connectivity index (χ1n) is 7.63. The van der Waals surface area contributed by atoms with Crippen LogP contribution >= 0.6 is 0 Å². The van der Waals surface area contributed by atoms with E-state index in [9.17, 15) is 0 Å². The zero-order chi connectivity index (χ0) is 12.8. The van der Waals surface area contributed by atoms with Crippen LogP contribution in [0.4, 0.5) is 0 Å². The molecule has 0 aromatic rings. The van der Waals surface area contributed by atoms with Crippen molar-refractivity contribution >= 4 is 0 Å². The molecule has 3 nitrogen and oxygen atoms in total. The van der Waals surface area contributed by atoms with Gasteiger partial charge >= 0.3 is 0 Å². The van der Waals surface area contributed by atoms with Gasteiger partial charge in [0.2, 0.25) is 0 Å². The summed E-state index contributed by atoms with van der Waals surface area (Å²) in [6.45, 7) is 1.93. The molecular weight excluding hydrogens is 228 g/mol. The molecule has 0 aromatic carbocycles. The van der Waals surface area contributed by atoms with Gasteiger partial charge < -0.3 is 14.2 Å². The SMILES string of the molecule is COC(C)(OC1CCCCC1)OC1CCCCC1. The second kappa shape index (κ2) is 6.88. The van der Waals surface area contributed by atoms with Gasteiger partial charge in [0, 0.05) is 14.0 Å². The Hall–Kier alpha value is -0.120. The average molecular weight is 256 g/mol. The normalized spacial score (nSPS) is 24.3. The minimum absolute atomic E-state index is 0.312. The van der Waals surface area contributed by atoms with Crippen LogP contribution in [-0.4, -0.2) is 25.3 Å². The van der Waals surface area contributed by atoms with Gasteiger partial charge in [0.05, 0.1) is 12.2 Å². The third kappa shape index (κ3) is 4.22. The Balaban J connectivity index is 1.83. The topological polar surface area (TPSA) is 27.7 Å². The second-order valence-electron chi connectivity index (χ2n) is 5.82. The van der Waals surface area contributed by atoms with E-state index in [0.717, 1.165) is 25.7 Å². The van der Waals surface area contributed by atoms with Gasteiger partial charge in [-0.05, 0) is 25.7 Å². The van der Waals surface area contributed by atoms with Crippen molar-refractivity contribution in [2.24, 2.45) is 0 Å². The zero-order valence-electron chi connectivity index (χ0n) is 12.0. The summed E-state index contributed by atoms with van der Waals surface area (Å²) in [5.41, 5.74) is 0. The summed E-state index contributed by atoms with van der Waals surface area (Å²) in [5.74, 6) is -0.843. The van der Waals surface area contributed by atoms with Gasteiger partial charge in [0.15, 0.2) is 0 Å². The highest BCUT2D eigenvalue weighted by Crippen LogP contribution is 2.30. The highest BCUT2D eigenvalue weighted by atomic mass is 16.9. The summed E-state index contributed by atoms with van der Waals surface area (Å²) in [6, 6.07) is 0. The van der Waals surface area contributed by atoms with Crippen LogP contribution in [0.5, 0.6) is 0 Å². The van der Waals surface area contributed by atoms with E-state index in [0.29, 0.717) is 12.2 Å². The summed E-state index contributed by atoms with van der Waals surface area (Å²) < 4.78 is 17.7. The van der Waals surface area contributed by atoms with Crippen molar-refractivity contribution in [1.82, 2.24) is 0 Å². The zero-order valence-corrected chi connectivity index (χ0v) is 12.0. The minimum atomic E-state index is -0.843. The third-order valence-electron chi connectivity index (χ3n) is 4.24. The fourth-order valence-electron chi connectivity index (χ4n) is 3.10. The first-order valence-corrected chi connectivity index (χ1v) is 7.63. The molecule has 0 unspecified atom stereocenters. The highest BCUT2D eigenvalue weighted by molar-refractivity contribution is 4.70. The van der Waals surface area contributed by atoms with E-state index in [1.165, 1.54) is 38.5 Å². The van der Waals surface area contributed by atoms with Gasteiger partial charge in [-0.25, -0.2) is 0 Å². The van der Waals surface area contributed by atoms with Gasteiger partial charge in [-0.1, -0.05) is 38.5 Å². The average Bonchev–Trinajstić information content (AvgIpc) is 2.41. The Bertz CT molecular complexity index is 210. The Morgan fingerprint density at radius 3 is 1.44 bits per heavy atom. The summed E-state index contributed by atoms with van der Waals surface area (Å²) in [4.78, 5) is 0. The molecule has 2 saturated carbocycles. The molecule has 18 heavy (non-hydrogen) atoms. The Morgan fingerprint density at radius 2 is 1.11 bits per heavy atom. The Morgan fingerprint density at radius 1 is 0.722 bits per heavy atom. The number of hydrogen-bond acceptors (Lipinski definition) is 3. The molecule has 0 bridgehead atoms. The molecule has 3 heteroatoms. The lowest BCUT2D eigenvalue weighted by Gasteiger charge is -2.37. The van der Waals surface area contributed by atoms with Crippen LogP contribution in [0.15, 0.2) is 0 Å². The molecule has 2 aliphatic carbocycles. The largest absolute Gasteiger partial charge is 0.331 e. The minimum Gasteiger partial charge on any atom is -0.331 e.